The Labute approximate surface area is 301 Å². The van der Waals surface area contributed by atoms with E-state index in [-0.39, 0.29) is 22.1 Å². The van der Waals surface area contributed by atoms with Crippen LogP contribution in [0.4, 0.5) is 5.13 Å². The number of benzene rings is 2. The Bertz CT molecular complexity index is 2140. The minimum absolute atomic E-state index is 0.0358. The molecule has 256 valence electrons. The van der Waals surface area contributed by atoms with Crippen LogP contribution >= 0.6 is 45.9 Å². The van der Waals surface area contributed by atoms with Gasteiger partial charge in [0.05, 0.1) is 19.2 Å². The highest BCUT2D eigenvalue weighted by Gasteiger charge is 2.16. The fourth-order valence-corrected chi connectivity index (χ4v) is 6.51. The largest absolute Gasteiger partial charge is 0.493 e. The fraction of sp³-hybridized carbons (Fsp3) is 0.273. The Hall–Kier alpha value is -4.34. The number of aryl methyl sites for hydroxylation is 3. The van der Waals surface area contributed by atoms with Crippen molar-refractivity contribution >= 4 is 83.3 Å². The van der Waals surface area contributed by atoms with E-state index >= 15 is 0 Å². The number of ketones is 2. The summed E-state index contributed by atoms with van der Waals surface area (Å²) in [6, 6.07) is 12.0. The summed E-state index contributed by atoms with van der Waals surface area (Å²) in [5, 5.41) is 4.91. The first-order valence-corrected chi connectivity index (χ1v) is 17.1. The van der Waals surface area contributed by atoms with Gasteiger partial charge in [-0.05, 0) is 78.4 Å². The van der Waals surface area contributed by atoms with Crippen LogP contribution in [0.5, 0.6) is 11.5 Å². The zero-order chi connectivity index (χ0) is 35.8. The third kappa shape index (κ3) is 9.64. The van der Waals surface area contributed by atoms with Crippen molar-refractivity contribution in [1.29, 1.82) is 0 Å². The number of hydrogen-bond donors (Lipinski definition) is 2. The molecular formula is C33H34Cl2N8O4S2. The van der Waals surface area contributed by atoms with Gasteiger partial charge in [0.2, 0.25) is 10.6 Å². The van der Waals surface area contributed by atoms with Crippen molar-refractivity contribution in [1.82, 2.24) is 29.9 Å². The van der Waals surface area contributed by atoms with Crippen LogP contribution in [0.2, 0.25) is 10.6 Å². The maximum atomic E-state index is 11.7. The van der Waals surface area contributed by atoms with Crippen molar-refractivity contribution in [3.63, 3.8) is 0 Å². The van der Waals surface area contributed by atoms with Gasteiger partial charge in [-0.1, -0.05) is 35.6 Å². The van der Waals surface area contributed by atoms with Crippen LogP contribution in [-0.4, -0.2) is 55.7 Å². The number of anilines is 1. The van der Waals surface area contributed by atoms with Gasteiger partial charge in [-0.25, -0.2) is 15.0 Å². The van der Waals surface area contributed by atoms with E-state index in [2.05, 4.69) is 67.3 Å². The van der Waals surface area contributed by atoms with Crippen molar-refractivity contribution in [2.75, 3.05) is 19.5 Å². The molecule has 4 heterocycles. The summed E-state index contributed by atoms with van der Waals surface area (Å²) in [4.78, 5) is 47.4. The molecule has 3 N–H and O–H groups in total. The first-order valence-electron chi connectivity index (χ1n) is 14.7. The molecule has 0 amide bonds. The number of thiazole rings is 2. The fourth-order valence-electron chi connectivity index (χ4n) is 4.35. The molecule has 0 radical (unpaired) electrons. The van der Waals surface area contributed by atoms with Crippen molar-refractivity contribution in [3.8, 4) is 11.5 Å². The summed E-state index contributed by atoms with van der Waals surface area (Å²) in [5.74, 6) is 1.18. The van der Waals surface area contributed by atoms with E-state index in [1.807, 2.05) is 25.1 Å². The van der Waals surface area contributed by atoms with Crippen LogP contribution in [0.15, 0.2) is 36.4 Å². The molecule has 0 fully saturated rings. The van der Waals surface area contributed by atoms with Gasteiger partial charge in [-0.2, -0.15) is 15.0 Å². The van der Waals surface area contributed by atoms with E-state index in [9.17, 15) is 9.59 Å². The number of carbonyl (C=O) groups is 2. The summed E-state index contributed by atoms with van der Waals surface area (Å²) in [6.07, 6.45) is 0. The molecule has 4 aromatic heterocycles. The van der Waals surface area contributed by atoms with E-state index in [1.54, 1.807) is 14.2 Å². The van der Waals surface area contributed by atoms with Crippen LogP contribution < -0.4 is 20.5 Å². The van der Waals surface area contributed by atoms with E-state index in [0.717, 1.165) is 22.1 Å². The molecule has 2 aromatic carbocycles. The molecule has 6 aromatic rings. The molecule has 0 aliphatic heterocycles. The van der Waals surface area contributed by atoms with Crippen LogP contribution in [0.1, 0.15) is 62.1 Å². The lowest BCUT2D eigenvalue weighted by Gasteiger charge is -2.07. The molecule has 0 spiro atoms. The number of methoxy groups -OCH3 is 2. The van der Waals surface area contributed by atoms with Crippen LogP contribution in [0.25, 0.3) is 20.7 Å². The van der Waals surface area contributed by atoms with Crippen molar-refractivity contribution < 1.29 is 19.1 Å². The second kappa shape index (κ2) is 16.9. The number of ether oxygens (including phenoxy) is 2. The van der Waals surface area contributed by atoms with E-state index in [0.29, 0.717) is 50.3 Å². The van der Waals surface area contributed by atoms with E-state index in [1.165, 1.54) is 53.2 Å². The predicted octanol–water partition coefficient (Wildman–Crippen LogP) is 7.58. The van der Waals surface area contributed by atoms with Crippen LogP contribution in [0.3, 0.4) is 0 Å². The summed E-state index contributed by atoms with van der Waals surface area (Å²) >= 11 is 14.3. The standard InChI is InChI=1S/C16H15ClN4OS.C9H13NO2.C8H6ClN3OS/c1-8-4-5-11(6-9(8)2)7-18-16-21-14-13(23-16)12(10(3)22)19-15(17)20-14;1-11-8-4-3-7(6-10)5-9(8)12-2;1-3(13)5-6-7(10-4(2)14-6)12-8(9)11-5/h4-6H,7H2,1-3H3,(H,18,19,20,21);3-5H,6,10H2,1-2H3;1-2H3. The highest BCUT2D eigenvalue weighted by Crippen LogP contribution is 2.29. The Kier molecular flexibility index (Phi) is 12.9. The number of nitrogens with one attached hydrogen (secondary N) is 1. The second-order valence-corrected chi connectivity index (χ2v) is 13.4. The average Bonchev–Trinajstić information content (AvgIpc) is 3.66. The summed E-state index contributed by atoms with van der Waals surface area (Å²) in [5.41, 5.74) is 11.8. The lowest BCUT2D eigenvalue weighted by atomic mass is 10.1. The SMILES string of the molecule is CC(=O)c1nc(Cl)nc2nc(C)sc12.CC(=O)c1nc(Cl)nc2nc(NCc3ccc(C)c(C)c3)sc12.COc1ccc(CN)cc1OC. The van der Waals surface area contributed by atoms with Crippen LogP contribution in [0, 0.1) is 20.8 Å². The molecule has 0 atom stereocenters. The topological polar surface area (TPSA) is 168 Å². The Morgan fingerprint density at radius 1 is 0.735 bits per heavy atom. The maximum Gasteiger partial charge on any atom is 0.225 e. The molecule has 0 saturated carbocycles. The Morgan fingerprint density at radius 3 is 1.86 bits per heavy atom. The first-order chi connectivity index (χ1) is 23.3. The first kappa shape index (κ1) is 37.5. The summed E-state index contributed by atoms with van der Waals surface area (Å²) < 4.78 is 11.5. The lowest BCUT2D eigenvalue weighted by molar-refractivity contribution is 0.100. The minimum atomic E-state index is -0.149. The zero-order valence-electron chi connectivity index (χ0n) is 27.8. The third-order valence-electron chi connectivity index (χ3n) is 6.93. The molecule has 0 aliphatic carbocycles. The Balaban J connectivity index is 0.000000178. The molecule has 0 saturated heterocycles. The molecular weight excluding hydrogens is 707 g/mol. The van der Waals surface area contributed by atoms with Gasteiger partial charge in [0, 0.05) is 26.9 Å². The Morgan fingerprint density at radius 2 is 1.31 bits per heavy atom. The predicted molar refractivity (Wildman–Crippen MR) is 196 cm³/mol. The number of fused-ring (bicyclic) bond motifs is 2. The molecule has 0 bridgehead atoms. The number of nitrogens with zero attached hydrogens (tertiary/aromatic N) is 6. The lowest BCUT2D eigenvalue weighted by Crippen LogP contribution is -1.99. The van der Waals surface area contributed by atoms with Gasteiger partial charge in [0.15, 0.2) is 39.5 Å². The highest BCUT2D eigenvalue weighted by molar-refractivity contribution is 7.22. The second-order valence-electron chi connectivity index (χ2n) is 10.5. The minimum Gasteiger partial charge on any atom is -0.493 e. The van der Waals surface area contributed by atoms with E-state index in [4.69, 9.17) is 38.4 Å². The quantitative estimate of drug-likeness (QED) is 0.116. The number of halogens is 2. The van der Waals surface area contributed by atoms with Crippen molar-refractivity contribution in [2.45, 2.75) is 47.7 Å². The summed E-state index contributed by atoms with van der Waals surface area (Å²) in [6.45, 7) is 10.1. The van der Waals surface area contributed by atoms with Gasteiger partial charge >= 0.3 is 0 Å². The van der Waals surface area contributed by atoms with Crippen molar-refractivity contribution in [2.24, 2.45) is 5.73 Å². The smallest absolute Gasteiger partial charge is 0.225 e. The molecule has 0 aliphatic rings. The molecule has 49 heavy (non-hydrogen) atoms. The number of nitrogens with two attached hydrogens (primary N) is 1. The van der Waals surface area contributed by atoms with Crippen molar-refractivity contribution in [3.05, 3.63) is 85.6 Å². The number of hydrogen-bond acceptors (Lipinski definition) is 14. The molecule has 16 heteroatoms. The molecule has 0 unspecified atom stereocenters. The van der Waals surface area contributed by atoms with Gasteiger partial charge in [-0.3, -0.25) is 9.59 Å². The zero-order valence-corrected chi connectivity index (χ0v) is 31.0. The number of rotatable bonds is 8. The van der Waals surface area contributed by atoms with Gasteiger partial charge in [0.25, 0.3) is 0 Å². The monoisotopic (exact) mass is 740 g/mol. The maximum absolute atomic E-state index is 11.7. The molecule has 12 nitrogen and oxygen atoms in total. The van der Waals surface area contributed by atoms with Gasteiger partial charge in [-0.15, -0.1) is 11.3 Å². The highest BCUT2D eigenvalue weighted by atomic mass is 35.5. The molecule has 6 rings (SSSR count). The van der Waals surface area contributed by atoms with Gasteiger partial charge in [0.1, 0.15) is 20.8 Å². The number of Topliss-reactive ketones (excluding diaryl/α,β-unsaturated/α-hetero) is 2. The average molecular weight is 742 g/mol. The van der Waals surface area contributed by atoms with E-state index < -0.39 is 0 Å². The normalized spacial score (nSPS) is 10.6. The number of carbonyl (C=O) groups excluding carboxylic acids is 2. The number of aromatic nitrogens is 6. The third-order valence-corrected chi connectivity index (χ3v) is 9.24. The van der Waals surface area contributed by atoms with Crippen LogP contribution in [-0.2, 0) is 13.1 Å². The van der Waals surface area contributed by atoms with Gasteiger partial charge < -0.3 is 20.5 Å². The summed E-state index contributed by atoms with van der Waals surface area (Å²) in [7, 11) is 3.22.